The fraction of sp³-hybridized carbons (Fsp3) is 0.324. The Labute approximate surface area is 252 Å². The summed E-state index contributed by atoms with van der Waals surface area (Å²) < 4.78 is 7.70. The van der Waals surface area contributed by atoms with Crippen LogP contribution in [0.4, 0.5) is 0 Å². The van der Waals surface area contributed by atoms with Gasteiger partial charge in [0.05, 0.1) is 24.7 Å². The van der Waals surface area contributed by atoms with E-state index in [1.807, 2.05) is 12.1 Å². The van der Waals surface area contributed by atoms with Gasteiger partial charge in [-0.15, -0.1) is 10.2 Å². The third kappa shape index (κ3) is 6.55. The Bertz CT molecular complexity index is 1600. The summed E-state index contributed by atoms with van der Waals surface area (Å²) >= 11 is 6.05. The predicted molar refractivity (Wildman–Crippen MR) is 172 cm³/mol. The Morgan fingerprint density at radius 2 is 1.71 bits per heavy atom. The fourth-order valence-electron chi connectivity index (χ4n) is 5.88. The number of thiocarbonyl (C=S) groups is 1. The van der Waals surface area contributed by atoms with Crippen LogP contribution in [0.1, 0.15) is 47.2 Å². The molecule has 0 radical (unpaired) electrons. The van der Waals surface area contributed by atoms with E-state index in [2.05, 4.69) is 93.1 Å². The molecule has 5 aromatic rings. The van der Waals surface area contributed by atoms with Gasteiger partial charge in [-0.05, 0) is 67.2 Å². The molecule has 3 aromatic carbocycles. The monoisotopic (exact) mass is 578 g/mol. The molecule has 1 aliphatic heterocycles. The van der Waals surface area contributed by atoms with Gasteiger partial charge in [0.25, 0.3) is 0 Å². The minimum absolute atomic E-state index is 0.122. The minimum atomic E-state index is -0.122. The molecule has 1 aliphatic rings. The average molecular weight is 579 g/mol. The summed E-state index contributed by atoms with van der Waals surface area (Å²) in [6.07, 6.45) is 6.66. The molecule has 6 rings (SSSR count). The second-order valence-corrected chi connectivity index (χ2v) is 11.5. The number of hydrogen-bond acceptors (Lipinski definition) is 5. The lowest BCUT2D eigenvalue weighted by Crippen LogP contribution is -2.40. The number of fused-ring (bicyclic) bond motifs is 1. The number of hydrogen-bond donors (Lipinski definition) is 3. The largest absolute Gasteiger partial charge is 0.497 e. The van der Waals surface area contributed by atoms with Gasteiger partial charge in [-0.1, -0.05) is 72.9 Å². The van der Waals surface area contributed by atoms with E-state index in [4.69, 9.17) is 27.2 Å². The number of aromatic nitrogens is 4. The van der Waals surface area contributed by atoms with Gasteiger partial charge < -0.3 is 24.9 Å². The normalized spacial score (nSPS) is 14.6. The maximum absolute atomic E-state index is 6.05. The van der Waals surface area contributed by atoms with E-state index >= 15 is 0 Å². The summed E-state index contributed by atoms with van der Waals surface area (Å²) in [4.78, 5) is 4.37. The topological polar surface area (TPSA) is 79.8 Å². The first-order chi connectivity index (χ1) is 20.7. The highest BCUT2D eigenvalue weighted by molar-refractivity contribution is 7.80. The number of nitrogens with zero attached hydrogens (tertiary/aromatic N) is 3. The van der Waals surface area contributed by atoms with Crippen molar-refractivity contribution in [2.45, 2.75) is 44.7 Å². The second kappa shape index (κ2) is 13.3. The summed E-state index contributed by atoms with van der Waals surface area (Å²) in [6.45, 7) is 2.66. The van der Waals surface area contributed by atoms with Crippen molar-refractivity contribution in [2.24, 2.45) is 5.92 Å². The van der Waals surface area contributed by atoms with Gasteiger partial charge >= 0.3 is 0 Å². The Hall–Kier alpha value is -4.01. The predicted octanol–water partition coefficient (Wildman–Crippen LogP) is 5.80. The van der Waals surface area contributed by atoms with Gasteiger partial charge in [-0.2, -0.15) is 0 Å². The summed E-state index contributed by atoms with van der Waals surface area (Å²) in [5.41, 5.74) is 4.83. The number of benzene rings is 3. The molecule has 216 valence electrons. The molecule has 3 N–H and O–H groups in total. The molecule has 0 bridgehead atoms. The van der Waals surface area contributed by atoms with Crippen LogP contribution in [0.2, 0.25) is 0 Å². The molecule has 0 saturated carbocycles. The van der Waals surface area contributed by atoms with Crippen LogP contribution in [0.25, 0.3) is 10.9 Å². The Kier molecular flexibility index (Phi) is 8.92. The summed E-state index contributed by atoms with van der Waals surface area (Å²) in [5.74, 6) is 3.10. The lowest BCUT2D eigenvalue weighted by atomic mass is 9.96. The molecule has 2 aromatic heterocycles. The number of aromatic amines is 1. The highest BCUT2D eigenvalue weighted by Gasteiger charge is 2.27. The zero-order valence-corrected chi connectivity index (χ0v) is 24.9. The number of methoxy groups -OCH3 is 1. The van der Waals surface area contributed by atoms with Crippen molar-refractivity contribution in [1.82, 2.24) is 30.4 Å². The maximum Gasteiger partial charge on any atom is 0.156 e. The van der Waals surface area contributed by atoms with Crippen molar-refractivity contribution >= 4 is 28.1 Å². The minimum Gasteiger partial charge on any atom is -0.497 e. The highest BCUT2D eigenvalue weighted by atomic mass is 32.1. The van der Waals surface area contributed by atoms with E-state index in [1.54, 1.807) is 7.11 Å². The van der Waals surface area contributed by atoms with Gasteiger partial charge in [-0.3, -0.25) is 0 Å². The zero-order valence-electron chi connectivity index (χ0n) is 24.1. The van der Waals surface area contributed by atoms with Gasteiger partial charge in [-0.25, -0.2) is 0 Å². The molecule has 1 fully saturated rings. The molecule has 0 spiro atoms. The second-order valence-electron chi connectivity index (χ2n) is 11.0. The molecule has 42 heavy (non-hydrogen) atoms. The lowest BCUT2D eigenvalue weighted by molar-refractivity contribution is 0.414. The molecule has 3 heterocycles. The molecule has 1 atom stereocenters. The van der Waals surface area contributed by atoms with Gasteiger partial charge in [0.15, 0.2) is 5.82 Å². The molecule has 1 unspecified atom stereocenters. The molecular formula is C34H38N6OS. The summed E-state index contributed by atoms with van der Waals surface area (Å²) in [5, 5.41) is 18.1. The number of piperidine rings is 1. The molecular weight excluding hydrogens is 540 g/mol. The quantitative estimate of drug-likeness (QED) is 0.172. The number of ether oxygens (including phenoxy) is 1. The number of para-hydroxylation sites is 1. The van der Waals surface area contributed by atoms with E-state index in [0.717, 1.165) is 73.1 Å². The summed E-state index contributed by atoms with van der Waals surface area (Å²) in [7, 11) is 1.70. The molecule has 7 nitrogen and oxygen atoms in total. The Morgan fingerprint density at radius 1 is 0.952 bits per heavy atom. The van der Waals surface area contributed by atoms with Crippen molar-refractivity contribution in [3.8, 4) is 5.75 Å². The van der Waals surface area contributed by atoms with Crippen molar-refractivity contribution in [1.29, 1.82) is 0 Å². The van der Waals surface area contributed by atoms with Crippen LogP contribution in [-0.2, 0) is 25.8 Å². The molecule has 1 saturated heterocycles. The van der Waals surface area contributed by atoms with Gasteiger partial charge in [0.1, 0.15) is 11.6 Å². The molecule has 0 aliphatic carbocycles. The van der Waals surface area contributed by atoms with Gasteiger partial charge in [0, 0.05) is 35.9 Å². The van der Waals surface area contributed by atoms with Crippen molar-refractivity contribution in [3.63, 3.8) is 0 Å². The maximum atomic E-state index is 6.05. The van der Waals surface area contributed by atoms with Crippen LogP contribution >= 0.6 is 12.2 Å². The summed E-state index contributed by atoms with van der Waals surface area (Å²) in [6, 6.07) is 27.2. The highest BCUT2D eigenvalue weighted by Crippen LogP contribution is 2.27. The van der Waals surface area contributed by atoms with Crippen LogP contribution < -0.4 is 15.4 Å². The van der Waals surface area contributed by atoms with Crippen molar-refractivity contribution in [3.05, 3.63) is 113 Å². The van der Waals surface area contributed by atoms with Crippen LogP contribution in [0.3, 0.4) is 0 Å². The number of nitrogens with one attached hydrogen (secondary N) is 3. The molecule has 0 amide bonds. The first-order valence-corrected chi connectivity index (χ1v) is 15.2. The van der Waals surface area contributed by atoms with Crippen molar-refractivity contribution < 1.29 is 4.74 Å². The smallest absolute Gasteiger partial charge is 0.156 e. The molecule has 8 heteroatoms. The number of aryl methyl sites for hydroxylation is 2. The van der Waals surface area contributed by atoms with Crippen LogP contribution in [0.15, 0.2) is 85.1 Å². The SMILES string of the molecule is COc1ccc(Cn2c(CCc3ccccc3)nnc2C(Cc2c[nH]c3ccccc23)NC(=S)C2CCNCC2)cc1. The average Bonchev–Trinajstić information content (AvgIpc) is 3.64. The first kappa shape index (κ1) is 28.1. The first-order valence-electron chi connectivity index (χ1n) is 14.8. The van der Waals surface area contributed by atoms with E-state index in [1.165, 1.54) is 22.1 Å². The van der Waals surface area contributed by atoms with Crippen LogP contribution in [0, 0.1) is 5.92 Å². The van der Waals surface area contributed by atoms with Crippen molar-refractivity contribution in [2.75, 3.05) is 20.2 Å². The number of H-pyrrole nitrogens is 1. The van der Waals surface area contributed by atoms with E-state index in [9.17, 15) is 0 Å². The zero-order chi connectivity index (χ0) is 28.7. The van der Waals surface area contributed by atoms with E-state index in [0.29, 0.717) is 12.5 Å². The van der Waals surface area contributed by atoms with E-state index < -0.39 is 0 Å². The van der Waals surface area contributed by atoms with Crippen LogP contribution in [0.5, 0.6) is 5.75 Å². The van der Waals surface area contributed by atoms with Gasteiger partial charge in [0.2, 0.25) is 0 Å². The Balaban J connectivity index is 1.36. The fourth-order valence-corrected chi connectivity index (χ4v) is 6.26. The standard InChI is InChI=1S/C34H38N6OS/c1-41-28-14-11-25(12-15-28)23-40-32(16-13-24-7-3-2-4-8-24)38-39-33(40)31(37-34(42)26-17-19-35-20-18-26)21-27-22-36-30-10-6-5-9-29(27)30/h2-12,14-15,22,26,31,35-36H,13,16-21,23H2,1H3,(H,37,42). The third-order valence-electron chi connectivity index (χ3n) is 8.27. The third-order valence-corrected chi connectivity index (χ3v) is 8.72. The lowest BCUT2D eigenvalue weighted by Gasteiger charge is -2.28. The van der Waals surface area contributed by atoms with Crippen LogP contribution in [-0.4, -0.2) is 44.9 Å². The Morgan fingerprint density at radius 3 is 2.50 bits per heavy atom. The number of rotatable bonds is 11. The van der Waals surface area contributed by atoms with E-state index in [-0.39, 0.29) is 6.04 Å².